The van der Waals surface area contributed by atoms with Gasteiger partial charge in [-0.25, -0.2) is 52.8 Å². The van der Waals surface area contributed by atoms with E-state index in [1.165, 1.54) is 66.7 Å². The van der Waals surface area contributed by atoms with E-state index in [0.29, 0.717) is 118 Å². The summed E-state index contributed by atoms with van der Waals surface area (Å²) in [6, 6.07) is 31.8. The Morgan fingerprint density at radius 2 is 0.681 bits per heavy atom. The molecule has 4 aliphatic carbocycles. The minimum atomic E-state index is -6.05. The lowest BCUT2D eigenvalue weighted by Gasteiger charge is -2.44. The average Bonchev–Trinajstić information content (AvgIpc) is 0.781. The van der Waals surface area contributed by atoms with Crippen molar-refractivity contribution in [2.75, 3.05) is 11.5 Å². The number of ether oxygens (including phenoxy) is 8. The molecule has 12 unspecified atom stereocenters. The minimum absolute atomic E-state index is 0.0384. The number of alkyl halides is 10. The molecule has 4 aliphatic rings. The molecule has 0 aromatic heterocycles. The summed E-state index contributed by atoms with van der Waals surface area (Å²) in [6.45, 7) is 1.30. The van der Waals surface area contributed by atoms with Crippen molar-refractivity contribution in [1.29, 1.82) is 0 Å². The fraction of sp³-hybridized carbons (Fsp3) is 0.381. The fourth-order valence-corrected chi connectivity index (χ4v) is 32.8. The third kappa shape index (κ3) is 32.4. The van der Waals surface area contributed by atoms with Gasteiger partial charge in [0.2, 0.25) is 12.2 Å². The van der Waals surface area contributed by atoms with Gasteiger partial charge in [-0.3, -0.25) is 19.2 Å². The summed E-state index contributed by atoms with van der Waals surface area (Å²) in [5.74, 6) is -11.4. The number of rotatable bonds is 24. The standard InChI is InChI=1S/C21H22F3I3O7S.C21H12F3I3O7S.C21H23F2I3O7S.C21H13F2I3O7S/c2*22-21(23,24)17(9-35(30,31)32)33-19(28)12-3-1-11-6-13(4-2-10(11)5-12)20(29)34-18-15(26)7-14(25)8-16(18)27;2*1-10(21(22,23)34(29,30)31)32-19(27)14-6-2-5-13-12(14)4-3-7-15(13)20(28)33-18-16(25)8-11(24)9-17(18)26/h7-8,10-13,17H,1-6,9H2,(H,30,31,32);1-8,17H,9H2,(H,30,31,32);8-10,12-15H,2-7H2,1H3,(H,29,30,31);2-10H,1H3,(H,29,30,31)/p-4. The van der Waals surface area contributed by atoms with Crippen LogP contribution in [0.4, 0.5) is 43.9 Å². The van der Waals surface area contributed by atoms with E-state index in [2.05, 4.69) is 240 Å². The highest BCUT2D eigenvalue weighted by Crippen LogP contribution is 2.51. The number of carbonyl (C=O) groups excluding carboxylic acids is 8. The molecule has 0 N–H and O–H groups in total. The second kappa shape index (κ2) is 49.9. The molecule has 0 radical (unpaired) electrons. The van der Waals surface area contributed by atoms with Crippen LogP contribution in [0.5, 0.6) is 23.0 Å². The SMILES string of the molecule is CC(OC(=O)C1CCCC2C(C(=O)Oc3c(I)cc(I)cc3I)CCCC12)C(F)(F)S(=O)(=O)[O-].CC(OC(=O)c1cccc2c(C(=O)Oc3c(I)cc(I)cc3I)cccc12)C(F)(F)S(=O)(=O)[O-].O=C(Oc1c(I)cc(I)cc1I)C1CCC2CC(C(=O)OC(CS(=O)(=O)[O-])C(F)(F)F)CCC2C1.O=C(Oc1c(I)cc(I)cc1I)c1ccc2cc(C(=O)OC(CS(=O)(=O)[O-])C(F)(F)F)ccc2c1. The first-order valence-electron chi connectivity index (χ1n) is 39.8. The van der Waals surface area contributed by atoms with Crippen molar-refractivity contribution in [1.82, 2.24) is 0 Å². The van der Waals surface area contributed by atoms with Crippen LogP contribution < -0.4 is 18.9 Å². The van der Waals surface area contributed by atoms with Crippen molar-refractivity contribution in [3.8, 4) is 23.0 Å². The van der Waals surface area contributed by atoms with Gasteiger partial charge in [-0.1, -0.05) is 49.2 Å². The van der Waals surface area contributed by atoms with Crippen molar-refractivity contribution in [3.05, 3.63) is 186 Å². The second-order valence-corrected chi connectivity index (χ2v) is 51.4. The Balaban J connectivity index is 0.000000206. The molecule has 54 heteroatoms. The predicted octanol–water partition coefficient (Wildman–Crippen LogP) is 21.6. The van der Waals surface area contributed by atoms with Crippen molar-refractivity contribution in [3.63, 3.8) is 0 Å². The highest BCUT2D eigenvalue weighted by molar-refractivity contribution is 14.1. The highest BCUT2D eigenvalue weighted by Gasteiger charge is 2.53. The van der Waals surface area contributed by atoms with Crippen LogP contribution in [0.2, 0.25) is 0 Å². The van der Waals surface area contributed by atoms with Crippen molar-refractivity contribution in [2.45, 2.75) is 138 Å². The van der Waals surface area contributed by atoms with Gasteiger partial charge in [-0.05, 0) is 479 Å². The van der Waals surface area contributed by atoms with Gasteiger partial charge in [0.05, 0.1) is 106 Å². The van der Waals surface area contributed by atoms with E-state index in [0.717, 1.165) is 48.9 Å². The maximum absolute atomic E-state index is 13.8. The normalized spacial score (nSPS) is 19.5. The molecular weight excluding hydrogens is 3300 g/mol. The van der Waals surface area contributed by atoms with E-state index in [-0.39, 0.29) is 81.0 Å². The topological polar surface area (TPSA) is 439 Å². The first kappa shape index (κ1) is 119. The van der Waals surface area contributed by atoms with E-state index < -0.39 is 153 Å². The number of fused-ring (bicyclic) bond motifs is 4. The van der Waals surface area contributed by atoms with E-state index in [1.54, 1.807) is 0 Å². The molecule has 28 nitrogen and oxygen atoms in total. The summed E-state index contributed by atoms with van der Waals surface area (Å²) in [5, 5.41) is -8.18. The molecule has 12 atom stereocenters. The Labute approximate surface area is 945 Å². The maximum Gasteiger partial charge on any atom is 0.426 e. The highest BCUT2D eigenvalue weighted by atomic mass is 127. The monoisotopic (exact) mass is 3360 g/mol. The summed E-state index contributed by atoms with van der Waals surface area (Å²) >= 11 is 25.3. The summed E-state index contributed by atoms with van der Waals surface area (Å²) < 4.78 is 314. The summed E-state index contributed by atoms with van der Waals surface area (Å²) in [5.41, 5.74) is -0.182. The number of benzene rings is 8. The van der Waals surface area contributed by atoms with E-state index in [4.69, 9.17) is 23.7 Å². The first-order chi connectivity index (χ1) is 63.7. The van der Waals surface area contributed by atoms with Crippen LogP contribution >= 0.6 is 271 Å². The lowest BCUT2D eigenvalue weighted by atomic mass is 9.61. The van der Waals surface area contributed by atoms with Crippen LogP contribution in [0.15, 0.2) is 121 Å². The van der Waals surface area contributed by atoms with Gasteiger partial charge >= 0.3 is 70.6 Å². The Hall–Kier alpha value is -2.26. The Bertz CT molecular complexity index is 6420. The second-order valence-electron chi connectivity index (χ2n) is 31.4. The Morgan fingerprint density at radius 3 is 1.05 bits per heavy atom. The molecule has 0 aliphatic heterocycles. The number of esters is 8. The van der Waals surface area contributed by atoms with Crippen LogP contribution in [0.1, 0.15) is 132 Å². The van der Waals surface area contributed by atoms with E-state index >= 15 is 0 Å². The predicted molar refractivity (Wildman–Crippen MR) is 571 cm³/mol. The minimum Gasteiger partial charge on any atom is -0.748 e. The maximum atomic E-state index is 13.8. The van der Waals surface area contributed by atoms with Crippen LogP contribution in [0, 0.1) is 90.2 Å². The number of halogens is 22. The van der Waals surface area contributed by atoms with Crippen molar-refractivity contribution < 1.29 is 172 Å². The lowest BCUT2D eigenvalue weighted by molar-refractivity contribution is -0.218. The van der Waals surface area contributed by atoms with E-state index in [9.17, 15) is 134 Å². The molecule has 4 fully saturated rings. The van der Waals surface area contributed by atoms with Gasteiger partial charge in [0, 0.05) is 14.3 Å². The number of hydrogen-bond acceptors (Lipinski definition) is 28. The number of carbonyl (C=O) groups is 8. The van der Waals surface area contributed by atoms with E-state index in [1.807, 2.05) is 93.7 Å². The third-order valence-electron chi connectivity index (χ3n) is 22.0. The molecule has 0 bridgehead atoms. The molecule has 0 saturated heterocycles. The average molecular weight is 3360 g/mol. The molecule has 0 spiro atoms. The van der Waals surface area contributed by atoms with Gasteiger partial charge in [-0.2, -0.15) is 43.9 Å². The zero-order chi connectivity index (χ0) is 103. The van der Waals surface area contributed by atoms with Gasteiger partial charge in [-0.15, -0.1) is 0 Å². The van der Waals surface area contributed by atoms with Gasteiger partial charge in [0.15, 0.2) is 55.4 Å². The fourth-order valence-electron chi connectivity index (χ4n) is 15.5. The van der Waals surface area contributed by atoms with Crippen LogP contribution in [0.3, 0.4) is 0 Å². The molecule has 0 heterocycles. The van der Waals surface area contributed by atoms with Crippen LogP contribution in [0.25, 0.3) is 21.5 Å². The van der Waals surface area contributed by atoms with Gasteiger partial charge in [0.1, 0.15) is 0 Å². The summed E-state index contributed by atoms with van der Waals surface area (Å²) in [6.07, 6.45) is -15.0. The molecule has 12 rings (SSSR count). The first-order valence-corrected chi connectivity index (χ1v) is 58.7. The summed E-state index contributed by atoms with van der Waals surface area (Å²) in [4.78, 5) is 102. The van der Waals surface area contributed by atoms with Crippen molar-refractivity contribution in [2.24, 2.45) is 47.3 Å². The quantitative estimate of drug-likeness (QED) is 0.0135. The molecule has 8 aromatic carbocycles. The third-order valence-corrected chi connectivity index (χ3v) is 34.4. The lowest BCUT2D eigenvalue weighted by Crippen LogP contribution is -2.46. The van der Waals surface area contributed by atoms with Gasteiger partial charge < -0.3 is 56.1 Å². The molecule has 138 heavy (non-hydrogen) atoms. The zero-order valence-electron chi connectivity index (χ0n) is 69.8. The van der Waals surface area contributed by atoms with Crippen molar-refractivity contribution >= 4 is 381 Å². The van der Waals surface area contributed by atoms with Gasteiger partial charge in [0.25, 0.3) is 0 Å². The smallest absolute Gasteiger partial charge is 0.426 e. The largest absolute Gasteiger partial charge is 0.748 e. The molecular formula is C84H66F10I12O28S4-4. The number of hydrogen-bond donors (Lipinski definition) is 0. The molecule has 8 aromatic rings. The molecule has 4 saturated carbocycles. The van der Waals surface area contributed by atoms with Crippen LogP contribution in [-0.4, -0.2) is 158 Å². The Morgan fingerprint density at radius 1 is 0.355 bits per heavy atom. The molecule has 752 valence electrons. The zero-order valence-corrected chi connectivity index (χ0v) is 98.9. The van der Waals surface area contributed by atoms with Crippen LogP contribution in [-0.2, 0) is 78.6 Å². The summed E-state index contributed by atoms with van der Waals surface area (Å²) in [7, 11) is -22.6. The Kier molecular flexibility index (Phi) is 43.1. The molecule has 0 amide bonds.